The third kappa shape index (κ3) is 5.29. The molecule has 3 aromatic rings. The smallest absolute Gasteiger partial charge is 0.302 e. The van der Waals surface area contributed by atoms with Crippen LogP contribution < -0.4 is 4.74 Å². The van der Waals surface area contributed by atoms with Crippen molar-refractivity contribution >= 4 is 38.6 Å². The van der Waals surface area contributed by atoms with E-state index in [-0.39, 0.29) is 25.0 Å². The Morgan fingerprint density at radius 2 is 1.94 bits per heavy atom. The highest BCUT2D eigenvalue weighted by Gasteiger charge is 2.40. The van der Waals surface area contributed by atoms with E-state index in [2.05, 4.69) is 34.8 Å². The number of H-pyrrole nitrogens is 1. The van der Waals surface area contributed by atoms with Gasteiger partial charge in [-0.25, -0.2) is 0 Å². The van der Waals surface area contributed by atoms with Crippen molar-refractivity contribution in [1.82, 2.24) is 4.98 Å². The zero-order valence-corrected chi connectivity index (χ0v) is 22.1. The molecule has 4 rings (SSSR count). The van der Waals surface area contributed by atoms with E-state index in [1.165, 1.54) is 20.8 Å². The highest BCUT2D eigenvalue weighted by atomic mass is 79.9. The number of nitrogens with one attached hydrogen (secondary N) is 1. The van der Waals surface area contributed by atoms with Crippen LogP contribution in [0.25, 0.3) is 10.9 Å². The summed E-state index contributed by atoms with van der Waals surface area (Å²) in [5.41, 5.74) is 3.57. The lowest BCUT2D eigenvalue weighted by Gasteiger charge is -2.32. The van der Waals surface area contributed by atoms with E-state index >= 15 is 0 Å². The van der Waals surface area contributed by atoms with Gasteiger partial charge in [-0.2, -0.15) is 0 Å². The monoisotopic (exact) mass is 543 g/mol. The van der Waals surface area contributed by atoms with Crippen LogP contribution in [0.4, 0.5) is 0 Å². The first-order chi connectivity index (χ1) is 16.4. The van der Waals surface area contributed by atoms with Crippen molar-refractivity contribution in [2.24, 2.45) is 0 Å². The fourth-order valence-corrected chi connectivity index (χ4v) is 4.94. The Morgan fingerprint density at radius 3 is 2.63 bits per heavy atom. The standard InChI is InChI=1S/C27H30BrNO6/c1-15(30)33-11-10-18(35-27(4,5)32)14-34-17-7-9-19-21(13-17)26(2,3)25-23(24(19)31)20-8-6-16(28)12-22(20)29-25/h6-9,12-13,18,29,32H,10-11,14H2,1-5H3/t18-/m0/s1. The van der Waals surface area contributed by atoms with Gasteiger partial charge in [-0.15, -0.1) is 0 Å². The van der Waals surface area contributed by atoms with Gasteiger partial charge in [0.2, 0.25) is 0 Å². The van der Waals surface area contributed by atoms with E-state index < -0.39 is 17.3 Å². The highest BCUT2D eigenvalue weighted by molar-refractivity contribution is 9.10. The average Bonchev–Trinajstić information content (AvgIpc) is 3.14. The Labute approximate surface area is 212 Å². The van der Waals surface area contributed by atoms with Crippen LogP contribution in [0.5, 0.6) is 5.75 Å². The van der Waals surface area contributed by atoms with Gasteiger partial charge < -0.3 is 24.3 Å². The number of fused-ring (bicyclic) bond motifs is 4. The molecule has 2 aromatic carbocycles. The molecule has 0 amide bonds. The van der Waals surface area contributed by atoms with E-state index in [9.17, 15) is 14.7 Å². The zero-order chi connectivity index (χ0) is 25.5. The molecule has 0 aliphatic heterocycles. The minimum atomic E-state index is -1.37. The number of aromatic amines is 1. The second kappa shape index (κ2) is 9.41. The number of ether oxygens (including phenoxy) is 3. The van der Waals surface area contributed by atoms with Crippen LogP contribution in [0.1, 0.15) is 68.2 Å². The van der Waals surface area contributed by atoms with Crippen molar-refractivity contribution in [2.75, 3.05) is 13.2 Å². The van der Waals surface area contributed by atoms with E-state index in [1.807, 2.05) is 24.3 Å². The maximum atomic E-state index is 13.5. The molecule has 1 aliphatic rings. The number of carbonyl (C=O) groups excluding carboxylic acids is 2. The van der Waals surface area contributed by atoms with Crippen LogP contribution in [0, 0.1) is 0 Å². The van der Waals surface area contributed by atoms with Gasteiger partial charge in [-0.05, 0) is 49.7 Å². The summed E-state index contributed by atoms with van der Waals surface area (Å²) in [5.74, 6) is -1.17. The predicted molar refractivity (Wildman–Crippen MR) is 136 cm³/mol. The van der Waals surface area contributed by atoms with Crippen molar-refractivity contribution in [2.45, 2.75) is 58.3 Å². The summed E-state index contributed by atoms with van der Waals surface area (Å²) < 4.78 is 17.7. The molecule has 186 valence electrons. The van der Waals surface area contributed by atoms with Crippen LogP contribution >= 0.6 is 15.9 Å². The summed E-state index contributed by atoms with van der Waals surface area (Å²) >= 11 is 3.50. The van der Waals surface area contributed by atoms with Crippen LogP contribution in [0.15, 0.2) is 40.9 Å². The van der Waals surface area contributed by atoms with Gasteiger partial charge in [-0.1, -0.05) is 35.8 Å². The number of benzene rings is 2. The highest BCUT2D eigenvalue weighted by Crippen LogP contribution is 2.45. The van der Waals surface area contributed by atoms with E-state index in [0.717, 1.165) is 26.6 Å². The lowest BCUT2D eigenvalue weighted by atomic mass is 9.71. The molecule has 1 aliphatic carbocycles. The maximum absolute atomic E-state index is 13.5. The van der Waals surface area contributed by atoms with Crippen molar-refractivity contribution in [3.63, 3.8) is 0 Å². The Bertz CT molecular complexity index is 1290. The first-order valence-electron chi connectivity index (χ1n) is 11.5. The number of esters is 1. The summed E-state index contributed by atoms with van der Waals surface area (Å²) in [6.45, 7) is 8.89. The minimum Gasteiger partial charge on any atom is -0.491 e. The molecule has 35 heavy (non-hydrogen) atoms. The summed E-state index contributed by atoms with van der Waals surface area (Å²) in [6, 6.07) is 11.4. The topological polar surface area (TPSA) is 97.9 Å². The van der Waals surface area contributed by atoms with Gasteiger partial charge in [0, 0.05) is 45.4 Å². The lowest BCUT2D eigenvalue weighted by Crippen LogP contribution is -2.35. The van der Waals surface area contributed by atoms with E-state index in [4.69, 9.17) is 14.2 Å². The van der Waals surface area contributed by atoms with Gasteiger partial charge in [0.05, 0.1) is 18.3 Å². The molecule has 0 bridgehead atoms. The minimum absolute atomic E-state index is 0.0148. The molecule has 0 saturated carbocycles. The summed E-state index contributed by atoms with van der Waals surface area (Å²) in [6.07, 6.45) is -0.134. The average molecular weight is 544 g/mol. The number of hydrogen-bond acceptors (Lipinski definition) is 6. The second-order valence-corrected chi connectivity index (χ2v) is 10.8. The summed E-state index contributed by atoms with van der Waals surface area (Å²) in [5, 5.41) is 11.0. The van der Waals surface area contributed by atoms with E-state index in [1.54, 1.807) is 12.1 Å². The number of aromatic nitrogens is 1. The molecule has 0 saturated heterocycles. The first-order valence-corrected chi connectivity index (χ1v) is 12.3. The van der Waals surface area contributed by atoms with Gasteiger partial charge in [-0.3, -0.25) is 9.59 Å². The van der Waals surface area contributed by atoms with Crippen molar-refractivity contribution in [3.05, 3.63) is 63.3 Å². The van der Waals surface area contributed by atoms with E-state index in [0.29, 0.717) is 23.3 Å². The number of halogens is 1. The quantitative estimate of drug-likeness (QED) is 0.297. The van der Waals surface area contributed by atoms with Crippen molar-refractivity contribution < 1.29 is 28.9 Å². The third-order valence-corrected chi connectivity index (χ3v) is 6.65. The van der Waals surface area contributed by atoms with Crippen LogP contribution in [0.2, 0.25) is 0 Å². The number of aliphatic hydroxyl groups is 1. The molecule has 0 unspecified atom stereocenters. The Hall–Kier alpha value is -2.68. The van der Waals surface area contributed by atoms with Gasteiger partial charge in [0.1, 0.15) is 12.4 Å². The fraction of sp³-hybridized carbons (Fsp3) is 0.407. The summed E-state index contributed by atoms with van der Waals surface area (Å²) in [4.78, 5) is 28.1. The van der Waals surface area contributed by atoms with Gasteiger partial charge in [0.25, 0.3) is 0 Å². The molecule has 0 fully saturated rings. The molecule has 1 aromatic heterocycles. The molecule has 7 nitrogen and oxygen atoms in total. The number of carbonyl (C=O) groups is 2. The third-order valence-electron chi connectivity index (χ3n) is 6.16. The molecule has 8 heteroatoms. The number of ketones is 1. The maximum Gasteiger partial charge on any atom is 0.302 e. The molecule has 1 heterocycles. The van der Waals surface area contributed by atoms with Crippen LogP contribution in [0.3, 0.4) is 0 Å². The van der Waals surface area contributed by atoms with Crippen LogP contribution in [-0.2, 0) is 19.7 Å². The number of hydrogen-bond donors (Lipinski definition) is 2. The normalized spacial score (nSPS) is 15.5. The first kappa shape index (κ1) is 25.4. The molecule has 0 spiro atoms. The summed E-state index contributed by atoms with van der Waals surface area (Å²) in [7, 11) is 0. The zero-order valence-electron chi connectivity index (χ0n) is 20.5. The lowest BCUT2D eigenvalue weighted by molar-refractivity contribution is -0.213. The molecule has 2 N–H and O–H groups in total. The second-order valence-electron chi connectivity index (χ2n) is 9.85. The fourth-order valence-electron chi connectivity index (χ4n) is 4.58. The SMILES string of the molecule is CC(=O)OCC[C@@H](COc1ccc2c(c1)C(C)(C)c1[nH]c3cc(Br)ccc3c1C2=O)OC(C)(C)O. The largest absolute Gasteiger partial charge is 0.491 e. The molecule has 1 atom stereocenters. The van der Waals surface area contributed by atoms with Crippen LogP contribution in [-0.4, -0.2) is 46.9 Å². The van der Waals surface area contributed by atoms with Gasteiger partial charge in [0.15, 0.2) is 11.6 Å². The Kier molecular flexibility index (Phi) is 6.83. The predicted octanol–water partition coefficient (Wildman–Crippen LogP) is 5.25. The van der Waals surface area contributed by atoms with Crippen molar-refractivity contribution in [3.8, 4) is 5.75 Å². The molecular weight excluding hydrogens is 514 g/mol. The molecule has 0 radical (unpaired) electrons. The molecular formula is C27H30BrNO6. The Morgan fingerprint density at radius 1 is 1.20 bits per heavy atom. The number of rotatable bonds is 8. The Balaban J connectivity index is 1.60. The van der Waals surface area contributed by atoms with Gasteiger partial charge >= 0.3 is 5.97 Å². The van der Waals surface area contributed by atoms with Crippen molar-refractivity contribution in [1.29, 1.82) is 0 Å².